The molecule has 0 spiro atoms. The molecule has 4 atom stereocenters. The molecule has 0 bridgehead atoms. The van der Waals surface area contributed by atoms with E-state index in [9.17, 15) is 20.0 Å². The number of hydrogen-bond donors (Lipinski definition) is 3. The lowest BCUT2D eigenvalue weighted by molar-refractivity contribution is -0.142. The first-order chi connectivity index (χ1) is 21.7. The first-order valence-corrected chi connectivity index (χ1v) is 16.0. The Morgan fingerprint density at radius 3 is 2.35 bits per heavy atom. The Balaban J connectivity index is 1.53. The third-order valence-electron chi connectivity index (χ3n) is 9.08. The molecule has 0 saturated carbocycles. The molecule has 3 N–H and O–H groups in total. The predicted molar refractivity (Wildman–Crippen MR) is 175 cm³/mol. The maximum absolute atomic E-state index is 15.9. The van der Waals surface area contributed by atoms with Crippen LogP contribution in [0, 0.1) is 34.3 Å². The minimum atomic E-state index is -1.72. The van der Waals surface area contributed by atoms with Crippen molar-refractivity contribution in [2.24, 2.45) is 11.3 Å². The number of nitrogens with one attached hydrogen (secondary N) is 2. The Bertz CT molecular complexity index is 1670. The molecule has 0 aliphatic carbocycles. The summed E-state index contributed by atoms with van der Waals surface area (Å²) in [7, 11) is 0. The molecule has 2 aliphatic heterocycles. The van der Waals surface area contributed by atoms with Crippen LogP contribution in [0.2, 0.25) is 10.0 Å². The Morgan fingerprint density at radius 1 is 1.09 bits per heavy atom. The van der Waals surface area contributed by atoms with Gasteiger partial charge in [-0.15, -0.1) is 0 Å². The molecule has 4 unspecified atom stereocenters. The van der Waals surface area contributed by atoms with Gasteiger partial charge in [-0.05, 0) is 72.7 Å². The SMILES string of the molecule is CC(C)(C)CC1NC(C(=O)Nc2ccc(N3CCC(C(=O)O)CC3)cc2)C(c2cccc(Cl)c2F)C1(C#N)c1ccc(Cl)cc1F. The first-order valence-electron chi connectivity index (χ1n) is 15.2. The van der Waals surface area contributed by atoms with E-state index in [2.05, 4.69) is 21.6 Å². The summed E-state index contributed by atoms with van der Waals surface area (Å²) >= 11 is 12.3. The Morgan fingerprint density at radius 2 is 1.76 bits per heavy atom. The van der Waals surface area contributed by atoms with Gasteiger partial charge in [0.2, 0.25) is 5.91 Å². The molecular formula is C35H36Cl2F2N4O3. The molecule has 5 rings (SSSR count). The van der Waals surface area contributed by atoms with Crippen LogP contribution in [-0.4, -0.2) is 42.2 Å². The quantitative estimate of drug-likeness (QED) is 0.240. The largest absolute Gasteiger partial charge is 0.481 e. The third-order valence-corrected chi connectivity index (χ3v) is 9.60. The second-order valence-electron chi connectivity index (χ2n) is 13.3. The molecule has 242 valence electrons. The number of piperidine rings is 1. The molecule has 7 nitrogen and oxygen atoms in total. The molecule has 2 heterocycles. The number of carboxylic acid groups (broad SMARTS) is 1. The van der Waals surface area contributed by atoms with E-state index in [4.69, 9.17) is 23.2 Å². The number of nitriles is 1. The molecule has 2 aliphatic rings. The van der Waals surface area contributed by atoms with Crippen LogP contribution in [0.15, 0.2) is 60.7 Å². The van der Waals surface area contributed by atoms with Crippen LogP contribution in [0.5, 0.6) is 0 Å². The molecule has 0 radical (unpaired) electrons. The van der Waals surface area contributed by atoms with Crippen molar-refractivity contribution in [3.05, 3.63) is 93.5 Å². The summed E-state index contributed by atoms with van der Waals surface area (Å²) in [6.07, 6.45) is 1.46. The number of carboxylic acids is 1. The van der Waals surface area contributed by atoms with Crippen molar-refractivity contribution in [1.29, 1.82) is 5.26 Å². The fraction of sp³-hybridized carbons (Fsp3) is 0.400. The van der Waals surface area contributed by atoms with Crippen molar-refractivity contribution in [2.75, 3.05) is 23.3 Å². The van der Waals surface area contributed by atoms with Crippen molar-refractivity contribution in [1.82, 2.24) is 5.32 Å². The van der Waals surface area contributed by atoms with Gasteiger partial charge < -0.3 is 20.6 Å². The van der Waals surface area contributed by atoms with Crippen LogP contribution < -0.4 is 15.5 Å². The summed E-state index contributed by atoms with van der Waals surface area (Å²) in [5, 5.41) is 26.5. The number of anilines is 2. The van der Waals surface area contributed by atoms with Gasteiger partial charge in [0.1, 0.15) is 17.0 Å². The fourth-order valence-corrected chi connectivity index (χ4v) is 7.26. The molecule has 11 heteroatoms. The van der Waals surface area contributed by atoms with Crippen LogP contribution >= 0.6 is 23.2 Å². The second kappa shape index (κ2) is 13.2. The predicted octanol–water partition coefficient (Wildman–Crippen LogP) is 7.53. The van der Waals surface area contributed by atoms with Crippen LogP contribution in [-0.2, 0) is 15.0 Å². The van der Waals surface area contributed by atoms with E-state index >= 15 is 8.78 Å². The minimum Gasteiger partial charge on any atom is -0.481 e. The molecule has 3 aromatic carbocycles. The maximum atomic E-state index is 15.9. The lowest BCUT2D eigenvalue weighted by Crippen LogP contribution is -2.45. The molecule has 2 saturated heterocycles. The number of benzene rings is 3. The van der Waals surface area contributed by atoms with Gasteiger partial charge >= 0.3 is 5.97 Å². The van der Waals surface area contributed by atoms with Crippen molar-refractivity contribution in [3.63, 3.8) is 0 Å². The smallest absolute Gasteiger partial charge is 0.306 e. The fourth-order valence-electron chi connectivity index (χ4n) is 6.92. The summed E-state index contributed by atoms with van der Waals surface area (Å²) in [4.78, 5) is 27.6. The number of hydrogen-bond acceptors (Lipinski definition) is 5. The van der Waals surface area contributed by atoms with E-state index < -0.39 is 46.9 Å². The summed E-state index contributed by atoms with van der Waals surface area (Å²) in [5.41, 5.74) is -0.682. The van der Waals surface area contributed by atoms with E-state index in [1.54, 1.807) is 18.2 Å². The number of nitrogens with zero attached hydrogens (tertiary/aromatic N) is 2. The minimum absolute atomic E-state index is 0.0110. The number of aliphatic carboxylic acids is 1. The standard InChI is InChI=1S/C35H36Cl2F2N4O3/c1-34(2,3)18-28-35(19-40,25-12-7-21(36)17-27(25)38)29(24-5-4-6-26(37)30(24)39)31(42-28)32(44)41-22-8-10-23(11-9-22)43-15-13-20(14-16-43)33(45)46/h4-12,17,20,28-29,31,42H,13-16,18H2,1-3H3,(H,41,44)(H,45,46). The number of amides is 1. The van der Waals surface area contributed by atoms with Crippen molar-refractivity contribution < 1.29 is 23.5 Å². The van der Waals surface area contributed by atoms with Gasteiger partial charge in [-0.25, -0.2) is 8.78 Å². The Hall–Kier alpha value is -3.71. The highest BCUT2D eigenvalue weighted by Gasteiger charge is 2.61. The monoisotopic (exact) mass is 668 g/mol. The van der Waals surface area contributed by atoms with E-state index in [-0.39, 0.29) is 32.5 Å². The van der Waals surface area contributed by atoms with Gasteiger partial charge in [-0.1, -0.05) is 62.2 Å². The van der Waals surface area contributed by atoms with Gasteiger partial charge in [0.25, 0.3) is 0 Å². The van der Waals surface area contributed by atoms with Crippen molar-refractivity contribution >= 4 is 46.5 Å². The Kier molecular flexibility index (Phi) is 9.65. The zero-order chi connectivity index (χ0) is 33.4. The highest BCUT2D eigenvalue weighted by atomic mass is 35.5. The van der Waals surface area contributed by atoms with Gasteiger partial charge in [0.15, 0.2) is 0 Å². The van der Waals surface area contributed by atoms with Crippen LogP contribution in [0.1, 0.15) is 57.1 Å². The number of carbonyl (C=O) groups excluding carboxylic acids is 1. The summed E-state index contributed by atoms with van der Waals surface area (Å²) in [6, 6.07) is 16.1. The van der Waals surface area contributed by atoms with Crippen LogP contribution in [0.3, 0.4) is 0 Å². The molecule has 0 aromatic heterocycles. The third kappa shape index (κ3) is 6.57. The van der Waals surface area contributed by atoms with Crippen molar-refractivity contribution in [3.8, 4) is 6.07 Å². The highest BCUT2D eigenvalue weighted by molar-refractivity contribution is 6.31. The molecule has 2 fully saturated rings. The van der Waals surface area contributed by atoms with Crippen molar-refractivity contribution in [2.45, 2.75) is 63.5 Å². The normalized spacial score (nSPS) is 23.6. The van der Waals surface area contributed by atoms with Gasteiger partial charge in [-0.3, -0.25) is 9.59 Å². The van der Waals surface area contributed by atoms with E-state index in [1.165, 1.54) is 24.3 Å². The van der Waals surface area contributed by atoms with E-state index in [0.29, 0.717) is 38.0 Å². The van der Waals surface area contributed by atoms with Crippen LogP contribution in [0.25, 0.3) is 0 Å². The van der Waals surface area contributed by atoms with Crippen LogP contribution in [0.4, 0.5) is 20.2 Å². The zero-order valence-electron chi connectivity index (χ0n) is 25.8. The molecule has 46 heavy (non-hydrogen) atoms. The summed E-state index contributed by atoms with van der Waals surface area (Å²) in [6.45, 7) is 7.14. The number of rotatable bonds is 7. The van der Waals surface area contributed by atoms with Gasteiger partial charge in [-0.2, -0.15) is 5.26 Å². The lowest BCUT2D eigenvalue weighted by atomic mass is 9.62. The average Bonchev–Trinajstić information content (AvgIpc) is 3.32. The Labute approximate surface area is 277 Å². The van der Waals surface area contributed by atoms with Gasteiger partial charge in [0.05, 0.1) is 23.1 Å². The molecule has 1 amide bonds. The lowest BCUT2D eigenvalue weighted by Gasteiger charge is -2.37. The second-order valence-corrected chi connectivity index (χ2v) is 14.2. The maximum Gasteiger partial charge on any atom is 0.306 e. The summed E-state index contributed by atoms with van der Waals surface area (Å²) in [5.74, 6) is -4.34. The topological polar surface area (TPSA) is 105 Å². The molecule has 3 aromatic rings. The first kappa shape index (κ1) is 33.6. The molecular weight excluding hydrogens is 633 g/mol. The average molecular weight is 670 g/mol. The van der Waals surface area contributed by atoms with E-state index in [0.717, 1.165) is 11.8 Å². The van der Waals surface area contributed by atoms with Gasteiger partial charge in [0, 0.05) is 47.0 Å². The van der Waals surface area contributed by atoms with E-state index in [1.807, 2.05) is 32.9 Å². The summed E-state index contributed by atoms with van der Waals surface area (Å²) < 4.78 is 31.7. The number of carbonyl (C=O) groups is 2. The highest BCUT2D eigenvalue weighted by Crippen LogP contribution is 2.53. The zero-order valence-corrected chi connectivity index (χ0v) is 27.3. The number of halogens is 4.